The first-order chi connectivity index (χ1) is 8.78. The Morgan fingerprint density at radius 2 is 1.72 bits per heavy atom. The maximum Gasteiger partial charge on any atom is 0.0814 e. The highest BCUT2D eigenvalue weighted by Gasteiger charge is 2.46. The molecule has 1 N–H and O–H groups in total. The zero-order chi connectivity index (χ0) is 12.4. The fraction of sp³-hybridized carbons (Fsp3) is 1.00. The van der Waals surface area contributed by atoms with Crippen molar-refractivity contribution >= 4 is 0 Å². The molecule has 1 aliphatic carbocycles. The zero-order valence-electron chi connectivity index (χ0n) is 11.7. The summed E-state index contributed by atoms with van der Waals surface area (Å²) in [5.74, 6) is 0.917. The average molecular weight is 251 g/mol. The molecule has 0 bridgehead atoms. The Morgan fingerprint density at radius 3 is 2.56 bits per heavy atom. The van der Waals surface area contributed by atoms with Crippen LogP contribution in [0.15, 0.2) is 0 Å². The molecule has 2 heteroatoms. The van der Waals surface area contributed by atoms with Crippen LogP contribution in [0.2, 0.25) is 0 Å². The van der Waals surface area contributed by atoms with Gasteiger partial charge in [-0.15, -0.1) is 0 Å². The van der Waals surface area contributed by atoms with Crippen LogP contribution in [0.1, 0.15) is 70.6 Å². The molecule has 2 heterocycles. The lowest BCUT2D eigenvalue weighted by molar-refractivity contribution is -0.0213. The van der Waals surface area contributed by atoms with Gasteiger partial charge in [-0.2, -0.15) is 0 Å². The summed E-state index contributed by atoms with van der Waals surface area (Å²) in [5.41, 5.74) is -0.335. The van der Waals surface area contributed by atoms with Crippen LogP contribution < -0.4 is 0 Å². The Balaban J connectivity index is 1.54. The van der Waals surface area contributed by atoms with E-state index in [-0.39, 0.29) is 5.60 Å². The van der Waals surface area contributed by atoms with Crippen LogP contribution in [0.5, 0.6) is 0 Å². The number of fused-ring (bicyclic) bond motifs is 1. The predicted octanol–water partition coefficient (Wildman–Crippen LogP) is 3.34. The second-order valence-electron chi connectivity index (χ2n) is 6.94. The highest BCUT2D eigenvalue weighted by atomic mass is 16.3. The van der Waals surface area contributed by atoms with Crippen LogP contribution in [0.4, 0.5) is 0 Å². The molecule has 3 aliphatic rings. The van der Waals surface area contributed by atoms with E-state index in [4.69, 9.17) is 0 Å². The Labute approximate surface area is 112 Å². The lowest BCUT2D eigenvalue weighted by Gasteiger charge is -2.38. The molecule has 18 heavy (non-hydrogen) atoms. The molecule has 2 atom stereocenters. The molecule has 0 aromatic carbocycles. The topological polar surface area (TPSA) is 23.5 Å². The van der Waals surface area contributed by atoms with Gasteiger partial charge in [0.05, 0.1) is 5.60 Å². The number of hydrogen-bond donors (Lipinski definition) is 1. The average Bonchev–Trinajstić information content (AvgIpc) is 2.77. The van der Waals surface area contributed by atoms with Crippen molar-refractivity contribution in [3.63, 3.8) is 0 Å². The molecule has 0 amide bonds. The van der Waals surface area contributed by atoms with Crippen LogP contribution in [-0.4, -0.2) is 34.7 Å². The smallest absolute Gasteiger partial charge is 0.0814 e. The normalized spacial score (nSPS) is 38.8. The summed E-state index contributed by atoms with van der Waals surface area (Å²) in [6.45, 7) is 2.38. The summed E-state index contributed by atoms with van der Waals surface area (Å²) in [7, 11) is 0. The van der Waals surface area contributed by atoms with Gasteiger partial charge in [0.25, 0.3) is 0 Å². The Bertz CT molecular complexity index is 274. The van der Waals surface area contributed by atoms with Gasteiger partial charge in [-0.05, 0) is 44.6 Å². The van der Waals surface area contributed by atoms with Gasteiger partial charge in [0.15, 0.2) is 0 Å². The Kier molecular flexibility index (Phi) is 3.95. The highest BCUT2D eigenvalue weighted by molar-refractivity contribution is 5.01. The lowest BCUT2D eigenvalue weighted by atomic mass is 9.79. The van der Waals surface area contributed by atoms with E-state index in [1.807, 2.05) is 0 Å². The van der Waals surface area contributed by atoms with Crippen molar-refractivity contribution < 1.29 is 5.11 Å². The summed E-state index contributed by atoms with van der Waals surface area (Å²) < 4.78 is 0. The largest absolute Gasteiger partial charge is 0.388 e. The van der Waals surface area contributed by atoms with Gasteiger partial charge in [0.2, 0.25) is 0 Å². The predicted molar refractivity (Wildman–Crippen MR) is 74.6 cm³/mol. The van der Waals surface area contributed by atoms with Gasteiger partial charge in [0, 0.05) is 12.6 Å². The highest BCUT2D eigenvalue weighted by Crippen LogP contribution is 2.40. The Morgan fingerprint density at radius 1 is 0.944 bits per heavy atom. The number of aliphatic hydroxyl groups is 1. The van der Waals surface area contributed by atoms with Gasteiger partial charge >= 0.3 is 0 Å². The molecule has 0 radical (unpaired) electrons. The van der Waals surface area contributed by atoms with E-state index in [9.17, 15) is 5.11 Å². The van der Waals surface area contributed by atoms with Crippen LogP contribution in [-0.2, 0) is 0 Å². The molecule has 0 spiro atoms. The molecule has 3 fully saturated rings. The lowest BCUT2D eigenvalue weighted by Crippen LogP contribution is -2.47. The first-order valence-electron chi connectivity index (χ1n) is 8.24. The Hall–Kier alpha value is -0.0800. The number of nitrogens with zero attached hydrogens (tertiary/aromatic N) is 1. The van der Waals surface area contributed by atoms with Gasteiger partial charge in [-0.1, -0.05) is 38.5 Å². The molecule has 3 rings (SSSR count). The molecule has 2 aliphatic heterocycles. The minimum Gasteiger partial charge on any atom is -0.388 e. The molecule has 2 saturated heterocycles. The summed E-state index contributed by atoms with van der Waals surface area (Å²) in [6, 6.07) is 0.495. The van der Waals surface area contributed by atoms with Crippen LogP contribution in [0.3, 0.4) is 0 Å². The van der Waals surface area contributed by atoms with Crippen molar-refractivity contribution in [1.82, 2.24) is 4.90 Å². The van der Waals surface area contributed by atoms with E-state index in [1.54, 1.807) is 0 Å². The number of rotatable bonds is 3. The fourth-order valence-corrected chi connectivity index (χ4v) is 4.59. The van der Waals surface area contributed by atoms with Crippen molar-refractivity contribution in [3.05, 3.63) is 0 Å². The van der Waals surface area contributed by atoms with Crippen LogP contribution in [0, 0.1) is 5.92 Å². The van der Waals surface area contributed by atoms with E-state index in [2.05, 4.69) is 4.90 Å². The second kappa shape index (κ2) is 5.50. The van der Waals surface area contributed by atoms with Gasteiger partial charge in [-0.3, -0.25) is 4.90 Å². The standard InChI is InChI=1S/C16H29NO/c18-16(10-9-14-6-2-1-3-7-14)11-13-17-12-5-4-8-15(16)17/h14-15,18H,1-13H2. The van der Waals surface area contributed by atoms with Crippen molar-refractivity contribution in [2.45, 2.75) is 82.3 Å². The molecule has 2 nitrogen and oxygen atoms in total. The van der Waals surface area contributed by atoms with Crippen LogP contribution >= 0.6 is 0 Å². The third-order valence-electron chi connectivity index (χ3n) is 5.78. The third kappa shape index (κ3) is 2.60. The monoisotopic (exact) mass is 251 g/mol. The number of hydrogen-bond acceptors (Lipinski definition) is 2. The van der Waals surface area contributed by atoms with Crippen molar-refractivity contribution in [3.8, 4) is 0 Å². The maximum absolute atomic E-state index is 11.0. The van der Waals surface area contributed by atoms with Crippen LogP contribution in [0.25, 0.3) is 0 Å². The van der Waals surface area contributed by atoms with Gasteiger partial charge < -0.3 is 5.11 Å². The summed E-state index contributed by atoms with van der Waals surface area (Å²) in [5, 5.41) is 11.0. The van der Waals surface area contributed by atoms with E-state index in [0.717, 1.165) is 25.3 Å². The van der Waals surface area contributed by atoms with E-state index >= 15 is 0 Å². The first-order valence-corrected chi connectivity index (χ1v) is 8.24. The zero-order valence-corrected chi connectivity index (χ0v) is 11.7. The van der Waals surface area contributed by atoms with E-state index in [1.165, 1.54) is 64.3 Å². The molecule has 2 unspecified atom stereocenters. The number of piperidine rings is 1. The summed E-state index contributed by atoms with van der Waals surface area (Å²) in [4.78, 5) is 2.56. The summed E-state index contributed by atoms with van der Waals surface area (Å²) in [6.07, 6.45) is 14.4. The molecule has 0 aromatic heterocycles. The third-order valence-corrected chi connectivity index (χ3v) is 5.78. The van der Waals surface area contributed by atoms with Crippen molar-refractivity contribution in [1.29, 1.82) is 0 Å². The maximum atomic E-state index is 11.0. The molecule has 0 aromatic rings. The minimum atomic E-state index is -0.335. The first kappa shape index (κ1) is 12.9. The summed E-state index contributed by atoms with van der Waals surface area (Å²) >= 11 is 0. The quantitative estimate of drug-likeness (QED) is 0.831. The molecule has 104 valence electrons. The van der Waals surface area contributed by atoms with Crippen molar-refractivity contribution in [2.75, 3.05) is 13.1 Å². The molecular weight excluding hydrogens is 222 g/mol. The minimum absolute atomic E-state index is 0.335. The van der Waals surface area contributed by atoms with E-state index < -0.39 is 0 Å². The molecular formula is C16H29NO. The van der Waals surface area contributed by atoms with E-state index in [0.29, 0.717) is 6.04 Å². The van der Waals surface area contributed by atoms with Gasteiger partial charge in [-0.25, -0.2) is 0 Å². The van der Waals surface area contributed by atoms with Crippen molar-refractivity contribution in [2.24, 2.45) is 5.92 Å². The fourth-order valence-electron chi connectivity index (χ4n) is 4.59. The van der Waals surface area contributed by atoms with Gasteiger partial charge in [0.1, 0.15) is 0 Å². The second-order valence-corrected chi connectivity index (χ2v) is 6.94. The molecule has 1 saturated carbocycles. The SMILES string of the molecule is OC1(CCC2CCCCC2)CCN2CCCCC21.